The highest BCUT2D eigenvalue weighted by Gasteiger charge is 2.37. The van der Waals surface area contributed by atoms with Crippen molar-refractivity contribution in [2.75, 3.05) is 0 Å². The second-order valence-corrected chi connectivity index (χ2v) is 9.20. The van der Waals surface area contributed by atoms with Crippen molar-refractivity contribution in [2.24, 2.45) is 7.05 Å². The fourth-order valence-electron chi connectivity index (χ4n) is 5.52. The zero-order valence-corrected chi connectivity index (χ0v) is 17.3. The first kappa shape index (κ1) is 17.0. The van der Waals surface area contributed by atoms with Gasteiger partial charge in [-0.3, -0.25) is 0 Å². The monoisotopic (exact) mass is 356 g/mol. The summed E-state index contributed by atoms with van der Waals surface area (Å²) in [5, 5.41) is 2.74. The minimum atomic E-state index is 0.547. The largest absolute Gasteiger partial charge is 0.220 e. The molecular formula is C26H30N+. The Morgan fingerprint density at radius 2 is 1.63 bits per heavy atom. The van der Waals surface area contributed by atoms with E-state index in [1.165, 1.54) is 58.1 Å². The highest BCUT2D eigenvalue weighted by Crippen LogP contribution is 2.54. The lowest BCUT2D eigenvalue weighted by atomic mass is 9.86. The number of hydrogen-bond acceptors (Lipinski definition) is 0. The van der Waals surface area contributed by atoms with Crippen molar-refractivity contribution >= 4 is 10.8 Å². The molecule has 1 heteroatoms. The summed E-state index contributed by atoms with van der Waals surface area (Å²) in [5.41, 5.74) is 10.3. The average Bonchev–Trinajstić information content (AvgIpc) is 3.24. The van der Waals surface area contributed by atoms with Crippen LogP contribution in [0.1, 0.15) is 78.8 Å². The molecule has 0 saturated heterocycles. The smallest absolute Gasteiger partial charge is 0.198 e. The molecule has 1 aromatic heterocycles. The Hall–Kier alpha value is -2.15. The first-order chi connectivity index (χ1) is 12.9. The van der Waals surface area contributed by atoms with E-state index in [0.29, 0.717) is 5.92 Å². The molecule has 5 rings (SSSR count). The zero-order valence-electron chi connectivity index (χ0n) is 17.3. The van der Waals surface area contributed by atoms with Crippen LogP contribution in [-0.4, -0.2) is 0 Å². The van der Waals surface area contributed by atoms with Crippen molar-refractivity contribution in [1.82, 2.24) is 0 Å². The Morgan fingerprint density at radius 1 is 0.926 bits per heavy atom. The lowest BCUT2D eigenvalue weighted by Crippen LogP contribution is -2.35. The third-order valence-corrected chi connectivity index (χ3v) is 7.23. The van der Waals surface area contributed by atoms with Gasteiger partial charge in [0.05, 0.1) is 10.9 Å². The molecule has 1 heterocycles. The molecule has 0 amide bonds. The molecule has 1 fully saturated rings. The van der Waals surface area contributed by atoms with Gasteiger partial charge in [0.25, 0.3) is 0 Å². The summed E-state index contributed by atoms with van der Waals surface area (Å²) in [6.45, 7) is 9.10. The molecule has 2 aromatic carbocycles. The van der Waals surface area contributed by atoms with Gasteiger partial charge in [-0.15, -0.1) is 0 Å². The molecule has 0 N–H and O–H groups in total. The normalized spacial score (nSPS) is 20.7. The van der Waals surface area contributed by atoms with E-state index in [9.17, 15) is 0 Å². The van der Waals surface area contributed by atoms with Crippen LogP contribution in [0.15, 0.2) is 36.4 Å². The molecule has 2 aliphatic rings. The maximum atomic E-state index is 2.55. The SMILES string of the molecule is Cc1cc2c(cc1-c1c3cc(C(C)C)ccc3cc(C)[n+]1C)C1CCC2C1. The van der Waals surface area contributed by atoms with Crippen molar-refractivity contribution in [3.8, 4) is 11.3 Å². The van der Waals surface area contributed by atoms with E-state index in [1.807, 2.05) is 0 Å². The van der Waals surface area contributed by atoms with Crippen molar-refractivity contribution in [3.63, 3.8) is 0 Å². The van der Waals surface area contributed by atoms with Crippen LogP contribution in [0.5, 0.6) is 0 Å². The predicted molar refractivity (Wildman–Crippen MR) is 113 cm³/mol. The third-order valence-electron chi connectivity index (χ3n) is 7.23. The molecule has 0 aliphatic heterocycles. The molecule has 1 nitrogen and oxygen atoms in total. The van der Waals surface area contributed by atoms with Crippen LogP contribution in [0.4, 0.5) is 0 Å². The fourth-order valence-corrected chi connectivity index (χ4v) is 5.52. The Balaban J connectivity index is 1.81. The number of aryl methyl sites for hydroxylation is 2. The molecule has 0 radical (unpaired) electrons. The first-order valence-electron chi connectivity index (χ1n) is 10.5. The minimum absolute atomic E-state index is 0.547. The average molecular weight is 357 g/mol. The van der Waals surface area contributed by atoms with Gasteiger partial charge in [-0.1, -0.05) is 32.0 Å². The van der Waals surface area contributed by atoms with Gasteiger partial charge in [0.1, 0.15) is 7.05 Å². The lowest BCUT2D eigenvalue weighted by molar-refractivity contribution is -0.665. The van der Waals surface area contributed by atoms with E-state index in [0.717, 1.165) is 11.8 Å². The quantitative estimate of drug-likeness (QED) is 0.465. The van der Waals surface area contributed by atoms with Gasteiger partial charge in [0.2, 0.25) is 5.69 Å². The van der Waals surface area contributed by atoms with Gasteiger partial charge < -0.3 is 0 Å². The molecule has 27 heavy (non-hydrogen) atoms. The third kappa shape index (κ3) is 2.47. The van der Waals surface area contributed by atoms with Crippen LogP contribution in [0, 0.1) is 13.8 Å². The van der Waals surface area contributed by atoms with E-state index >= 15 is 0 Å². The molecular weight excluding hydrogens is 326 g/mol. The summed E-state index contributed by atoms with van der Waals surface area (Å²) < 4.78 is 2.40. The standard InChI is InChI=1S/C26H30N/c1-15(2)18-6-7-19-11-17(4)27(5)26(25(19)13-18)22-14-24-21-9-8-20(12-21)23(24)10-16(22)3/h6-7,10-11,13-15,20-21H,8-9,12H2,1-5H3/q+1. The summed E-state index contributed by atoms with van der Waals surface area (Å²) in [6.07, 6.45) is 4.17. The van der Waals surface area contributed by atoms with E-state index < -0.39 is 0 Å². The van der Waals surface area contributed by atoms with E-state index in [-0.39, 0.29) is 0 Å². The van der Waals surface area contributed by atoms with Crippen LogP contribution >= 0.6 is 0 Å². The maximum Gasteiger partial charge on any atom is 0.220 e. The summed E-state index contributed by atoms with van der Waals surface area (Å²) in [5.74, 6) is 2.18. The molecule has 2 bridgehead atoms. The van der Waals surface area contributed by atoms with E-state index in [1.54, 1.807) is 11.1 Å². The number of nitrogens with zero attached hydrogens (tertiary/aromatic N) is 1. The predicted octanol–water partition coefficient (Wildman–Crippen LogP) is 6.44. The minimum Gasteiger partial charge on any atom is -0.198 e. The van der Waals surface area contributed by atoms with Crippen molar-refractivity contribution in [3.05, 3.63) is 64.3 Å². The second kappa shape index (κ2) is 5.92. The van der Waals surface area contributed by atoms with Crippen LogP contribution in [0.2, 0.25) is 0 Å². The molecule has 3 aromatic rings. The zero-order chi connectivity index (χ0) is 18.9. The molecule has 2 atom stereocenters. The topological polar surface area (TPSA) is 3.88 Å². The summed E-state index contributed by atoms with van der Waals surface area (Å²) >= 11 is 0. The van der Waals surface area contributed by atoms with E-state index in [4.69, 9.17) is 0 Å². The van der Waals surface area contributed by atoms with Crippen molar-refractivity contribution in [1.29, 1.82) is 0 Å². The molecule has 2 aliphatic carbocycles. The second-order valence-electron chi connectivity index (χ2n) is 9.20. The van der Waals surface area contributed by atoms with Crippen LogP contribution in [0.25, 0.3) is 22.0 Å². The van der Waals surface area contributed by atoms with E-state index in [2.05, 4.69) is 75.7 Å². The molecule has 2 unspecified atom stereocenters. The molecule has 138 valence electrons. The van der Waals surface area contributed by atoms with Gasteiger partial charge in [0, 0.05) is 13.0 Å². The molecule has 0 spiro atoms. The number of rotatable bonds is 2. The first-order valence-corrected chi connectivity index (χ1v) is 10.5. The van der Waals surface area contributed by atoms with Gasteiger partial charge in [-0.2, -0.15) is 4.57 Å². The lowest BCUT2D eigenvalue weighted by Gasteiger charge is -2.19. The van der Waals surface area contributed by atoms with Crippen LogP contribution < -0.4 is 4.57 Å². The van der Waals surface area contributed by atoms with Gasteiger partial charge in [0.15, 0.2) is 5.69 Å². The number of pyridine rings is 1. The van der Waals surface area contributed by atoms with Crippen molar-refractivity contribution < 1.29 is 4.57 Å². The Bertz CT molecular complexity index is 1070. The summed E-state index contributed by atoms with van der Waals surface area (Å²) in [6, 6.07) is 14.4. The Morgan fingerprint density at radius 3 is 2.33 bits per heavy atom. The van der Waals surface area contributed by atoms with Gasteiger partial charge in [-0.05, 0) is 83.7 Å². The summed E-state index contributed by atoms with van der Waals surface area (Å²) in [7, 11) is 2.23. The summed E-state index contributed by atoms with van der Waals surface area (Å²) in [4.78, 5) is 0. The van der Waals surface area contributed by atoms with Crippen molar-refractivity contribution in [2.45, 2.75) is 64.7 Å². The van der Waals surface area contributed by atoms with Crippen LogP contribution in [-0.2, 0) is 7.05 Å². The Labute approximate surface area is 163 Å². The number of benzene rings is 2. The highest BCUT2D eigenvalue weighted by molar-refractivity contribution is 5.94. The number of hydrogen-bond donors (Lipinski definition) is 0. The highest BCUT2D eigenvalue weighted by atomic mass is 14.9. The fraction of sp³-hybridized carbons (Fsp3) is 0.423. The van der Waals surface area contributed by atoms with Gasteiger partial charge in [-0.25, -0.2) is 0 Å². The number of fused-ring (bicyclic) bond motifs is 6. The Kier molecular flexibility index (Phi) is 3.73. The maximum absolute atomic E-state index is 2.55. The van der Waals surface area contributed by atoms with Crippen LogP contribution in [0.3, 0.4) is 0 Å². The number of aromatic nitrogens is 1. The van der Waals surface area contributed by atoms with Gasteiger partial charge >= 0.3 is 0 Å². The molecule has 1 saturated carbocycles.